The lowest BCUT2D eigenvalue weighted by atomic mass is 10.3. The van der Waals surface area contributed by atoms with Gasteiger partial charge in [-0.25, -0.2) is 4.98 Å². The molecular formula is C13H21N5O2S. The van der Waals surface area contributed by atoms with Crippen LogP contribution >= 0.6 is 11.3 Å². The molecule has 0 aromatic carbocycles. The Morgan fingerprint density at radius 2 is 2.10 bits per heavy atom. The van der Waals surface area contributed by atoms with E-state index in [1.165, 1.54) is 11.3 Å². The zero-order chi connectivity index (χ0) is 15.2. The lowest BCUT2D eigenvalue weighted by molar-refractivity contribution is -0.129. The van der Waals surface area contributed by atoms with E-state index in [1.807, 2.05) is 11.8 Å². The second kappa shape index (κ2) is 7.26. The van der Waals surface area contributed by atoms with Gasteiger partial charge in [-0.05, 0) is 19.8 Å². The van der Waals surface area contributed by atoms with Crippen molar-refractivity contribution in [2.75, 3.05) is 37.2 Å². The predicted molar refractivity (Wildman–Crippen MR) is 83.5 cm³/mol. The monoisotopic (exact) mass is 311 g/mol. The Morgan fingerprint density at radius 3 is 2.76 bits per heavy atom. The summed E-state index contributed by atoms with van der Waals surface area (Å²) in [5.41, 5.74) is 5.73. The standard InChI is InChI=1S/C13H21N5O2S/c1-2-15-13-17-11(14)10(21-13)12(20)16-6-5-9(19)18-7-3-4-8-18/h2-8,14H2,1H3,(H,15,17)(H,16,20). The normalized spacial score (nSPS) is 14.2. The van der Waals surface area contributed by atoms with Gasteiger partial charge in [0.2, 0.25) is 5.91 Å². The largest absolute Gasteiger partial charge is 0.382 e. The highest BCUT2D eigenvalue weighted by Gasteiger charge is 2.19. The number of nitrogens with zero attached hydrogens (tertiary/aromatic N) is 2. The van der Waals surface area contributed by atoms with Crippen molar-refractivity contribution in [3.8, 4) is 0 Å². The zero-order valence-corrected chi connectivity index (χ0v) is 13.0. The number of carbonyl (C=O) groups excluding carboxylic acids is 2. The maximum Gasteiger partial charge on any atom is 0.265 e. The molecule has 1 aromatic rings. The number of hydrogen-bond donors (Lipinski definition) is 3. The summed E-state index contributed by atoms with van der Waals surface area (Å²) >= 11 is 1.22. The Balaban J connectivity index is 1.80. The number of aromatic nitrogens is 1. The average molecular weight is 311 g/mol. The van der Waals surface area contributed by atoms with Crippen molar-refractivity contribution in [3.05, 3.63) is 4.88 Å². The van der Waals surface area contributed by atoms with E-state index in [2.05, 4.69) is 15.6 Å². The van der Waals surface area contributed by atoms with Gasteiger partial charge in [-0.1, -0.05) is 11.3 Å². The topological polar surface area (TPSA) is 100 Å². The maximum absolute atomic E-state index is 12.0. The van der Waals surface area contributed by atoms with Gasteiger partial charge in [0.1, 0.15) is 10.7 Å². The second-order valence-corrected chi connectivity index (χ2v) is 5.86. The third kappa shape index (κ3) is 4.07. The van der Waals surface area contributed by atoms with Crippen LogP contribution in [0.3, 0.4) is 0 Å². The van der Waals surface area contributed by atoms with Gasteiger partial charge in [-0.15, -0.1) is 0 Å². The Kier molecular flexibility index (Phi) is 5.38. The van der Waals surface area contributed by atoms with Crippen molar-refractivity contribution in [1.29, 1.82) is 0 Å². The summed E-state index contributed by atoms with van der Waals surface area (Å²) in [5, 5.41) is 6.38. The van der Waals surface area contributed by atoms with E-state index in [1.54, 1.807) is 0 Å². The molecule has 2 amide bonds. The molecule has 0 atom stereocenters. The number of nitrogen functional groups attached to an aromatic ring is 1. The molecule has 116 valence electrons. The van der Waals surface area contributed by atoms with Crippen LogP contribution in [0.25, 0.3) is 0 Å². The summed E-state index contributed by atoms with van der Waals surface area (Å²) < 4.78 is 0. The molecule has 7 nitrogen and oxygen atoms in total. The van der Waals surface area contributed by atoms with Gasteiger partial charge in [0.15, 0.2) is 5.13 Å². The van der Waals surface area contributed by atoms with Gasteiger partial charge >= 0.3 is 0 Å². The van der Waals surface area contributed by atoms with Crippen LogP contribution in [-0.2, 0) is 4.79 Å². The van der Waals surface area contributed by atoms with Gasteiger partial charge < -0.3 is 21.3 Å². The lowest BCUT2D eigenvalue weighted by Crippen LogP contribution is -2.32. The highest BCUT2D eigenvalue weighted by atomic mass is 32.1. The number of carbonyl (C=O) groups is 2. The number of hydrogen-bond acceptors (Lipinski definition) is 6. The van der Waals surface area contributed by atoms with Crippen LogP contribution in [0, 0.1) is 0 Å². The van der Waals surface area contributed by atoms with Crippen molar-refractivity contribution >= 4 is 34.1 Å². The highest BCUT2D eigenvalue weighted by molar-refractivity contribution is 7.18. The van der Waals surface area contributed by atoms with Crippen LogP contribution in [0.5, 0.6) is 0 Å². The van der Waals surface area contributed by atoms with Crippen LogP contribution < -0.4 is 16.4 Å². The Labute approximate surface area is 127 Å². The molecule has 2 heterocycles. The third-order valence-corrected chi connectivity index (χ3v) is 4.30. The molecule has 2 rings (SSSR count). The van der Waals surface area contributed by atoms with Gasteiger partial charge in [-0.3, -0.25) is 9.59 Å². The van der Waals surface area contributed by atoms with E-state index in [0.717, 1.165) is 32.5 Å². The minimum Gasteiger partial charge on any atom is -0.382 e. The van der Waals surface area contributed by atoms with E-state index in [0.29, 0.717) is 23.0 Å². The summed E-state index contributed by atoms with van der Waals surface area (Å²) in [5.74, 6) is 0.0427. The van der Waals surface area contributed by atoms with Crippen molar-refractivity contribution in [2.45, 2.75) is 26.2 Å². The van der Waals surface area contributed by atoms with Crippen LogP contribution in [-0.4, -0.2) is 47.9 Å². The summed E-state index contributed by atoms with van der Waals surface area (Å²) in [4.78, 5) is 30.2. The molecule has 21 heavy (non-hydrogen) atoms. The van der Waals surface area contributed by atoms with E-state index >= 15 is 0 Å². The van der Waals surface area contributed by atoms with Gasteiger partial charge in [0.25, 0.3) is 5.91 Å². The first-order valence-electron chi connectivity index (χ1n) is 7.18. The maximum atomic E-state index is 12.0. The molecule has 0 saturated carbocycles. The SMILES string of the molecule is CCNc1nc(N)c(C(=O)NCCC(=O)N2CCCC2)s1. The number of rotatable bonds is 6. The number of nitrogens with two attached hydrogens (primary N) is 1. The van der Waals surface area contributed by atoms with Crippen molar-refractivity contribution < 1.29 is 9.59 Å². The average Bonchev–Trinajstić information content (AvgIpc) is 3.08. The lowest BCUT2D eigenvalue weighted by Gasteiger charge is -2.14. The molecule has 1 aliphatic rings. The summed E-state index contributed by atoms with van der Waals surface area (Å²) in [6, 6.07) is 0. The number of nitrogens with one attached hydrogen (secondary N) is 2. The number of likely N-dealkylation sites (tertiary alicyclic amines) is 1. The molecule has 4 N–H and O–H groups in total. The third-order valence-electron chi connectivity index (χ3n) is 3.27. The van der Waals surface area contributed by atoms with E-state index < -0.39 is 0 Å². The van der Waals surface area contributed by atoms with Crippen LogP contribution in [0.15, 0.2) is 0 Å². The van der Waals surface area contributed by atoms with Gasteiger partial charge in [-0.2, -0.15) is 0 Å². The molecule has 1 fully saturated rings. The summed E-state index contributed by atoms with van der Waals surface area (Å²) in [6.45, 7) is 4.66. The molecule has 1 saturated heterocycles. The Bertz CT molecular complexity index is 511. The quantitative estimate of drug-likeness (QED) is 0.725. The number of amides is 2. The van der Waals surface area contributed by atoms with E-state index in [-0.39, 0.29) is 17.6 Å². The second-order valence-electron chi connectivity index (χ2n) is 4.86. The van der Waals surface area contributed by atoms with Gasteiger partial charge in [0.05, 0.1) is 0 Å². The predicted octanol–water partition coefficient (Wildman–Crippen LogP) is 0.899. The molecule has 1 aliphatic heterocycles. The number of anilines is 2. The fourth-order valence-electron chi connectivity index (χ4n) is 2.21. The highest BCUT2D eigenvalue weighted by Crippen LogP contribution is 2.24. The molecule has 0 unspecified atom stereocenters. The molecule has 8 heteroatoms. The smallest absolute Gasteiger partial charge is 0.265 e. The Morgan fingerprint density at radius 1 is 1.38 bits per heavy atom. The van der Waals surface area contributed by atoms with E-state index in [4.69, 9.17) is 5.73 Å². The molecule has 1 aromatic heterocycles. The summed E-state index contributed by atoms with van der Waals surface area (Å²) in [6.07, 6.45) is 2.47. The van der Waals surface area contributed by atoms with Crippen molar-refractivity contribution in [2.24, 2.45) is 0 Å². The first-order valence-corrected chi connectivity index (χ1v) is 7.99. The first kappa shape index (κ1) is 15.6. The van der Waals surface area contributed by atoms with E-state index in [9.17, 15) is 9.59 Å². The first-order chi connectivity index (χ1) is 10.1. The van der Waals surface area contributed by atoms with Crippen LogP contribution in [0.1, 0.15) is 35.9 Å². The van der Waals surface area contributed by atoms with Crippen molar-refractivity contribution in [1.82, 2.24) is 15.2 Å². The van der Waals surface area contributed by atoms with Crippen LogP contribution in [0.2, 0.25) is 0 Å². The molecule has 0 spiro atoms. The fourth-order valence-corrected chi connectivity index (χ4v) is 3.08. The molecule has 0 radical (unpaired) electrons. The summed E-state index contributed by atoms with van der Waals surface area (Å²) in [7, 11) is 0. The molecule has 0 aliphatic carbocycles. The fraction of sp³-hybridized carbons (Fsp3) is 0.615. The number of thiazole rings is 1. The zero-order valence-electron chi connectivity index (χ0n) is 12.1. The molecule has 0 bridgehead atoms. The Hall–Kier alpha value is -1.83. The van der Waals surface area contributed by atoms with Gasteiger partial charge in [0, 0.05) is 32.6 Å². The van der Waals surface area contributed by atoms with Crippen LogP contribution in [0.4, 0.5) is 10.9 Å². The molecular weight excluding hydrogens is 290 g/mol. The minimum atomic E-state index is -0.275. The van der Waals surface area contributed by atoms with Crippen molar-refractivity contribution in [3.63, 3.8) is 0 Å². The minimum absolute atomic E-state index is 0.0958.